The van der Waals surface area contributed by atoms with Gasteiger partial charge >= 0.3 is 5.97 Å². The highest BCUT2D eigenvalue weighted by Gasteiger charge is 2.27. The molecule has 1 aromatic carbocycles. The van der Waals surface area contributed by atoms with Crippen molar-refractivity contribution in [2.24, 2.45) is 0 Å². The molecule has 1 N–H and O–H groups in total. The summed E-state index contributed by atoms with van der Waals surface area (Å²) in [5.41, 5.74) is 3.14. The molecule has 0 spiro atoms. The molecule has 0 saturated heterocycles. The van der Waals surface area contributed by atoms with Crippen LogP contribution in [0.2, 0.25) is 0 Å². The van der Waals surface area contributed by atoms with E-state index in [1.54, 1.807) is 4.68 Å². The number of carbonyl (C=O) groups excluding carboxylic acids is 1. The van der Waals surface area contributed by atoms with Crippen molar-refractivity contribution in [2.75, 3.05) is 0 Å². The zero-order valence-electron chi connectivity index (χ0n) is 11.6. The van der Waals surface area contributed by atoms with Gasteiger partial charge in [-0.1, -0.05) is 30.3 Å². The van der Waals surface area contributed by atoms with E-state index in [-0.39, 0.29) is 12.2 Å². The second-order valence-electron chi connectivity index (χ2n) is 5.18. The average Bonchev–Trinajstić information content (AvgIpc) is 2.86. The summed E-state index contributed by atoms with van der Waals surface area (Å²) in [4.78, 5) is 23.0. The molecule has 2 aromatic rings. The predicted octanol–water partition coefficient (Wildman–Crippen LogP) is 2.54. The summed E-state index contributed by atoms with van der Waals surface area (Å²) in [5, 5.41) is 13.4. The van der Waals surface area contributed by atoms with Gasteiger partial charge in [0.25, 0.3) is 0 Å². The zero-order valence-corrected chi connectivity index (χ0v) is 11.6. The lowest BCUT2D eigenvalue weighted by Crippen LogP contribution is -2.15. The first-order valence-electron chi connectivity index (χ1n) is 7.07. The number of nitrogens with zero attached hydrogens (tertiary/aromatic N) is 2. The summed E-state index contributed by atoms with van der Waals surface area (Å²) in [6.07, 6.45) is 2.13. The smallest absolute Gasteiger partial charge is 0.305 e. The quantitative estimate of drug-likeness (QED) is 0.936. The van der Waals surface area contributed by atoms with Crippen LogP contribution in [0.25, 0.3) is 11.3 Å². The number of rotatable bonds is 4. The molecule has 0 radical (unpaired) electrons. The predicted molar refractivity (Wildman–Crippen MR) is 77.2 cm³/mol. The van der Waals surface area contributed by atoms with E-state index < -0.39 is 5.97 Å². The first-order valence-corrected chi connectivity index (χ1v) is 7.07. The second-order valence-corrected chi connectivity index (χ2v) is 5.18. The van der Waals surface area contributed by atoms with Crippen LogP contribution in [0.4, 0.5) is 0 Å². The summed E-state index contributed by atoms with van der Waals surface area (Å²) < 4.78 is 1.70. The number of carboxylic acid groups (broad SMARTS) is 1. The van der Waals surface area contributed by atoms with Crippen LogP contribution in [0, 0.1) is 0 Å². The van der Waals surface area contributed by atoms with Crippen LogP contribution < -0.4 is 0 Å². The van der Waals surface area contributed by atoms with E-state index in [1.807, 2.05) is 30.3 Å². The van der Waals surface area contributed by atoms with E-state index in [2.05, 4.69) is 5.10 Å². The topological polar surface area (TPSA) is 72.2 Å². The van der Waals surface area contributed by atoms with Gasteiger partial charge in [-0.15, -0.1) is 0 Å². The maximum atomic E-state index is 12.3. The van der Waals surface area contributed by atoms with Crippen molar-refractivity contribution in [3.8, 4) is 11.3 Å². The van der Waals surface area contributed by atoms with Crippen molar-refractivity contribution < 1.29 is 14.7 Å². The minimum absolute atomic E-state index is 0.0105. The van der Waals surface area contributed by atoms with E-state index in [0.717, 1.165) is 24.1 Å². The molecule has 0 unspecified atom stereocenters. The Morgan fingerprint density at radius 3 is 2.71 bits per heavy atom. The van der Waals surface area contributed by atoms with E-state index >= 15 is 0 Å². The maximum absolute atomic E-state index is 12.3. The minimum Gasteiger partial charge on any atom is -0.481 e. The van der Waals surface area contributed by atoms with Crippen molar-refractivity contribution in [1.82, 2.24) is 9.78 Å². The highest BCUT2D eigenvalue weighted by molar-refractivity contribution is 6.03. The van der Waals surface area contributed by atoms with Crippen LogP contribution in [0.5, 0.6) is 0 Å². The molecular formula is C16H16N2O3. The Labute approximate surface area is 122 Å². The third-order valence-electron chi connectivity index (χ3n) is 3.74. The molecule has 21 heavy (non-hydrogen) atoms. The van der Waals surface area contributed by atoms with Crippen molar-refractivity contribution in [2.45, 2.75) is 32.2 Å². The first kappa shape index (κ1) is 13.5. The van der Waals surface area contributed by atoms with Crippen LogP contribution in [0.3, 0.4) is 0 Å². The molecule has 0 amide bonds. The number of aliphatic carboxylic acids is 1. The SMILES string of the molecule is O=C(O)CCn1nc(-c2ccccc2)c2c1CCCC2=O. The number of fused-ring (bicyclic) bond motifs is 1. The molecule has 3 rings (SSSR count). The van der Waals surface area contributed by atoms with Gasteiger partial charge in [0.1, 0.15) is 5.69 Å². The maximum Gasteiger partial charge on any atom is 0.305 e. The van der Waals surface area contributed by atoms with Gasteiger partial charge in [-0.25, -0.2) is 0 Å². The van der Waals surface area contributed by atoms with E-state index in [4.69, 9.17) is 5.11 Å². The van der Waals surface area contributed by atoms with Gasteiger partial charge in [-0.05, 0) is 12.8 Å². The molecule has 5 heteroatoms. The third-order valence-corrected chi connectivity index (χ3v) is 3.74. The third kappa shape index (κ3) is 2.59. The van der Waals surface area contributed by atoms with Crippen LogP contribution >= 0.6 is 0 Å². The molecule has 0 bridgehead atoms. The standard InChI is InChI=1S/C16H16N2O3/c19-13-8-4-7-12-15(13)16(11-5-2-1-3-6-11)17-18(12)10-9-14(20)21/h1-3,5-6H,4,7-10H2,(H,20,21). The van der Waals surface area contributed by atoms with Gasteiger partial charge in [0.15, 0.2) is 5.78 Å². The molecule has 5 nitrogen and oxygen atoms in total. The fourth-order valence-electron chi connectivity index (χ4n) is 2.77. The molecule has 0 fully saturated rings. The molecule has 0 aliphatic heterocycles. The van der Waals surface area contributed by atoms with Crippen molar-refractivity contribution >= 4 is 11.8 Å². The Morgan fingerprint density at radius 1 is 1.24 bits per heavy atom. The molecule has 1 aliphatic rings. The van der Waals surface area contributed by atoms with Gasteiger partial charge < -0.3 is 5.11 Å². The number of hydrogen-bond acceptors (Lipinski definition) is 3. The van der Waals surface area contributed by atoms with Gasteiger partial charge in [0, 0.05) is 17.7 Å². The lowest BCUT2D eigenvalue weighted by atomic mass is 9.92. The Kier molecular flexibility index (Phi) is 3.56. The number of carboxylic acids is 1. The van der Waals surface area contributed by atoms with E-state index in [1.165, 1.54) is 0 Å². The number of hydrogen-bond donors (Lipinski definition) is 1. The summed E-state index contributed by atoms with van der Waals surface area (Å²) in [7, 11) is 0. The van der Waals surface area contributed by atoms with Gasteiger partial charge in [-0.3, -0.25) is 14.3 Å². The lowest BCUT2D eigenvalue weighted by Gasteiger charge is -2.13. The molecule has 1 aromatic heterocycles. The largest absolute Gasteiger partial charge is 0.481 e. The van der Waals surface area contributed by atoms with Crippen molar-refractivity contribution in [3.05, 3.63) is 41.6 Å². The normalized spacial score (nSPS) is 14.0. The molecule has 108 valence electrons. The summed E-state index contributed by atoms with van der Waals surface area (Å²) >= 11 is 0. The van der Waals surface area contributed by atoms with Crippen molar-refractivity contribution in [1.29, 1.82) is 0 Å². The molecule has 1 heterocycles. The van der Waals surface area contributed by atoms with Crippen molar-refractivity contribution in [3.63, 3.8) is 0 Å². The van der Waals surface area contributed by atoms with Crippen LogP contribution in [-0.4, -0.2) is 26.6 Å². The Hall–Kier alpha value is -2.43. The molecule has 0 saturated carbocycles. The zero-order chi connectivity index (χ0) is 14.8. The Bertz CT molecular complexity index is 689. The fourth-order valence-corrected chi connectivity index (χ4v) is 2.77. The number of benzene rings is 1. The Morgan fingerprint density at radius 2 is 2.00 bits per heavy atom. The number of Topliss-reactive ketones (excluding diaryl/α,β-unsaturated/α-hetero) is 1. The van der Waals surface area contributed by atoms with E-state index in [0.29, 0.717) is 24.2 Å². The summed E-state index contributed by atoms with van der Waals surface area (Å²) in [6.45, 7) is 0.303. The number of ketones is 1. The number of aromatic nitrogens is 2. The minimum atomic E-state index is -0.859. The highest BCUT2D eigenvalue weighted by atomic mass is 16.4. The lowest BCUT2D eigenvalue weighted by molar-refractivity contribution is -0.137. The van der Waals surface area contributed by atoms with Crippen LogP contribution in [0.1, 0.15) is 35.3 Å². The molecule has 1 aliphatic carbocycles. The molecule has 0 atom stereocenters. The number of carbonyl (C=O) groups is 2. The second kappa shape index (κ2) is 5.52. The van der Waals surface area contributed by atoms with Gasteiger partial charge in [-0.2, -0.15) is 5.10 Å². The summed E-state index contributed by atoms with van der Waals surface area (Å²) in [6, 6.07) is 9.58. The van der Waals surface area contributed by atoms with Gasteiger partial charge in [0.05, 0.1) is 18.5 Å². The summed E-state index contributed by atoms with van der Waals surface area (Å²) in [5.74, 6) is -0.751. The van der Waals surface area contributed by atoms with Gasteiger partial charge in [0.2, 0.25) is 0 Å². The fraction of sp³-hybridized carbons (Fsp3) is 0.312. The van der Waals surface area contributed by atoms with Crippen LogP contribution in [-0.2, 0) is 17.8 Å². The molecular weight excluding hydrogens is 268 g/mol. The van der Waals surface area contributed by atoms with Crippen LogP contribution in [0.15, 0.2) is 30.3 Å². The highest BCUT2D eigenvalue weighted by Crippen LogP contribution is 2.31. The average molecular weight is 284 g/mol. The van der Waals surface area contributed by atoms with E-state index in [9.17, 15) is 9.59 Å². The monoisotopic (exact) mass is 284 g/mol. The first-order chi connectivity index (χ1) is 10.2. The Balaban J connectivity index is 2.08. The number of aryl methyl sites for hydroxylation is 1.